The van der Waals surface area contributed by atoms with Gasteiger partial charge in [-0.3, -0.25) is 4.79 Å². The molecule has 0 radical (unpaired) electrons. The molecule has 0 unspecified atom stereocenters. The SMILES string of the molecule is CN(C(=O)c1ccccc1)c1ccc(OCC(=O)O)cc1. The smallest absolute Gasteiger partial charge is 0.341 e. The predicted octanol–water partition coefficient (Wildman–Crippen LogP) is 2.43. The Hall–Kier alpha value is -2.82. The van der Waals surface area contributed by atoms with Crippen LogP contribution in [0.1, 0.15) is 10.4 Å². The second-order valence-electron chi connectivity index (χ2n) is 4.41. The van der Waals surface area contributed by atoms with E-state index in [1.165, 1.54) is 4.90 Å². The molecule has 1 N–H and O–H groups in total. The Balaban J connectivity index is 2.07. The molecule has 0 aliphatic carbocycles. The van der Waals surface area contributed by atoms with Crippen LogP contribution in [0.2, 0.25) is 0 Å². The summed E-state index contributed by atoms with van der Waals surface area (Å²) < 4.78 is 5.04. The van der Waals surface area contributed by atoms with Crippen LogP contribution in [0.5, 0.6) is 5.75 Å². The minimum Gasteiger partial charge on any atom is -0.482 e. The summed E-state index contributed by atoms with van der Waals surface area (Å²) in [5.41, 5.74) is 1.30. The van der Waals surface area contributed by atoms with E-state index in [0.29, 0.717) is 17.0 Å². The molecule has 2 aromatic carbocycles. The van der Waals surface area contributed by atoms with Crippen molar-refractivity contribution in [1.82, 2.24) is 0 Å². The number of carbonyl (C=O) groups excluding carboxylic acids is 1. The fourth-order valence-corrected chi connectivity index (χ4v) is 1.80. The maximum Gasteiger partial charge on any atom is 0.341 e. The van der Waals surface area contributed by atoms with Gasteiger partial charge in [-0.05, 0) is 36.4 Å². The number of carbonyl (C=O) groups is 2. The number of ether oxygens (including phenoxy) is 1. The highest BCUT2D eigenvalue weighted by molar-refractivity contribution is 6.05. The number of benzene rings is 2. The Bertz CT molecular complexity index is 622. The molecular formula is C16H15NO4. The first kappa shape index (κ1) is 14.6. The van der Waals surface area contributed by atoms with E-state index >= 15 is 0 Å². The number of nitrogens with zero attached hydrogens (tertiary/aromatic N) is 1. The number of aliphatic carboxylic acids is 1. The van der Waals surface area contributed by atoms with E-state index in [9.17, 15) is 9.59 Å². The minimum atomic E-state index is -1.03. The van der Waals surface area contributed by atoms with Crippen LogP contribution in [0.4, 0.5) is 5.69 Å². The topological polar surface area (TPSA) is 66.8 Å². The van der Waals surface area contributed by atoms with E-state index in [2.05, 4.69) is 0 Å². The first-order valence-corrected chi connectivity index (χ1v) is 6.35. The molecule has 0 saturated heterocycles. The molecule has 1 amide bonds. The summed E-state index contributed by atoms with van der Waals surface area (Å²) in [6, 6.07) is 15.7. The lowest BCUT2D eigenvalue weighted by molar-refractivity contribution is -0.139. The largest absolute Gasteiger partial charge is 0.482 e. The molecule has 0 aliphatic heterocycles. The van der Waals surface area contributed by atoms with Gasteiger partial charge in [0, 0.05) is 18.3 Å². The van der Waals surface area contributed by atoms with Crippen LogP contribution in [-0.4, -0.2) is 30.6 Å². The summed E-state index contributed by atoms with van der Waals surface area (Å²) in [7, 11) is 1.68. The van der Waals surface area contributed by atoms with E-state index in [1.54, 1.807) is 43.4 Å². The quantitative estimate of drug-likeness (QED) is 0.916. The highest BCUT2D eigenvalue weighted by Crippen LogP contribution is 2.20. The highest BCUT2D eigenvalue weighted by atomic mass is 16.5. The third-order valence-electron chi connectivity index (χ3n) is 2.91. The van der Waals surface area contributed by atoms with E-state index in [-0.39, 0.29) is 5.91 Å². The molecule has 0 fully saturated rings. The van der Waals surface area contributed by atoms with Crippen molar-refractivity contribution < 1.29 is 19.4 Å². The number of amides is 1. The first-order chi connectivity index (χ1) is 10.1. The molecule has 2 rings (SSSR count). The molecule has 0 aliphatic rings. The highest BCUT2D eigenvalue weighted by Gasteiger charge is 2.12. The number of rotatable bonds is 5. The van der Waals surface area contributed by atoms with Crippen LogP contribution in [0, 0.1) is 0 Å². The molecule has 108 valence electrons. The van der Waals surface area contributed by atoms with Gasteiger partial charge in [-0.1, -0.05) is 18.2 Å². The molecule has 5 heteroatoms. The van der Waals surface area contributed by atoms with Gasteiger partial charge in [0.05, 0.1) is 0 Å². The maximum absolute atomic E-state index is 12.3. The number of hydrogen-bond donors (Lipinski definition) is 1. The number of carboxylic acids is 1. The Labute approximate surface area is 122 Å². The second-order valence-corrected chi connectivity index (χ2v) is 4.41. The van der Waals surface area contributed by atoms with Gasteiger partial charge in [-0.25, -0.2) is 4.79 Å². The van der Waals surface area contributed by atoms with Crippen LogP contribution in [0.3, 0.4) is 0 Å². The number of carboxylic acid groups (broad SMARTS) is 1. The van der Waals surface area contributed by atoms with Crippen LogP contribution in [-0.2, 0) is 4.79 Å². The van der Waals surface area contributed by atoms with Gasteiger partial charge in [0.25, 0.3) is 5.91 Å². The van der Waals surface area contributed by atoms with Gasteiger partial charge < -0.3 is 14.7 Å². The van der Waals surface area contributed by atoms with Crippen molar-refractivity contribution in [1.29, 1.82) is 0 Å². The van der Waals surface area contributed by atoms with E-state index in [0.717, 1.165) is 0 Å². The predicted molar refractivity (Wildman–Crippen MR) is 78.7 cm³/mol. The van der Waals surface area contributed by atoms with Gasteiger partial charge in [-0.2, -0.15) is 0 Å². The molecule has 0 aromatic heterocycles. The van der Waals surface area contributed by atoms with Gasteiger partial charge in [-0.15, -0.1) is 0 Å². The van der Waals surface area contributed by atoms with Crippen molar-refractivity contribution in [2.24, 2.45) is 0 Å². The molecular weight excluding hydrogens is 270 g/mol. The summed E-state index contributed by atoms with van der Waals surface area (Å²) in [6.07, 6.45) is 0. The summed E-state index contributed by atoms with van der Waals surface area (Å²) >= 11 is 0. The number of anilines is 1. The van der Waals surface area contributed by atoms with Gasteiger partial charge in [0.1, 0.15) is 5.75 Å². The normalized spacial score (nSPS) is 9.95. The maximum atomic E-state index is 12.3. The van der Waals surface area contributed by atoms with Crippen molar-refractivity contribution in [3.8, 4) is 5.75 Å². The van der Waals surface area contributed by atoms with Crippen LogP contribution in [0.25, 0.3) is 0 Å². The van der Waals surface area contributed by atoms with Crippen LogP contribution < -0.4 is 9.64 Å². The zero-order chi connectivity index (χ0) is 15.2. The lowest BCUT2D eigenvalue weighted by Crippen LogP contribution is -2.26. The van der Waals surface area contributed by atoms with Crippen molar-refractivity contribution in [3.63, 3.8) is 0 Å². The van der Waals surface area contributed by atoms with E-state index < -0.39 is 12.6 Å². The second kappa shape index (κ2) is 6.56. The average Bonchev–Trinajstić information content (AvgIpc) is 2.53. The summed E-state index contributed by atoms with van der Waals surface area (Å²) in [6.45, 7) is -0.391. The monoisotopic (exact) mass is 285 g/mol. The third-order valence-corrected chi connectivity index (χ3v) is 2.91. The van der Waals surface area contributed by atoms with Crippen molar-refractivity contribution >= 4 is 17.6 Å². The van der Waals surface area contributed by atoms with E-state index in [1.807, 2.05) is 18.2 Å². The fraction of sp³-hybridized carbons (Fsp3) is 0.125. The van der Waals surface area contributed by atoms with Crippen molar-refractivity contribution in [3.05, 3.63) is 60.2 Å². The third kappa shape index (κ3) is 3.82. The van der Waals surface area contributed by atoms with Crippen molar-refractivity contribution in [2.45, 2.75) is 0 Å². The van der Waals surface area contributed by atoms with Crippen LogP contribution >= 0.6 is 0 Å². The zero-order valence-electron chi connectivity index (χ0n) is 11.5. The lowest BCUT2D eigenvalue weighted by Gasteiger charge is -2.17. The summed E-state index contributed by atoms with van der Waals surface area (Å²) in [4.78, 5) is 24.2. The molecule has 0 heterocycles. The van der Waals surface area contributed by atoms with Gasteiger partial charge in [0.15, 0.2) is 6.61 Å². The molecule has 0 saturated carbocycles. The Kier molecular flexibility index (Phi) is 4.56. The Morgan fingerprint density at radius 3 is 2.24 bits per heavy atom. The van der Waals surface area contributed by atoms with Gasteiger partial charge in [0.2, 0.25) is 0 Å². The molecule has 0 atom stereocenters. The van der Waals surface area contributed by atoms with Crippen LogP contribution in [0.15, 0.2) is 54.6 Å². The molecule has 21 heavy (non-hydrogen) atoms. The lowest BCUT2D eigenvalue weighted by atomic mass is 10.2. The van der Waals surface area contributed by atoms with Crippen molar-refractivity contribution in [2.75, 3.05) is 18.6 Å². The summed E-state index contributed by atoms with van der Waals surface area (Å²) in [5.74, 6) is -0.702. The molecule has 5 nitrogen and oxygen atoms in total. The Morgan fingerprint density at radius 2 is 1.67 bits per heavy atom. The zero-order valence-corrected chi connectivity index (χ0v) is 11.5. The fourth-order valence-electron chi connectivity index (χ4n) is 1.80. The average molecular weight is 285 g/mol. The van der Waals surface area contributed by atoms with E-state index in [4.69, 9.17) is 9.84 Å². The standard InChI is InChI=1S/C16H15NO4/c1-17(16(20)12-5-3-2-4-6-12)13-7-9-14(10-8-13)21-11-15(18)19/h2-10H,11H2,1H3,(H,18,19). The van der Waals surface area contributed by atoms with Gasteiger partial charge >= 0.3 is 5.97 Å². The minimum absolute atomic E-state index is 0.116. The molecule has 0 bridgehead atoms. The molecule has 0 spiro atoms. The number of hydrogen-bond acceptors (Lipinski definition) is 3. The Morgan fingerprint density at radius 1 is 1.05 bits per heavy atom. The molecule has 2 aromatic rings. The first-order valence-electron chi connectivity index (χ1n) is 6.35. The summed E-state index contributed by atoms with van der Waals surface area (Å²) in [5, 5.41) is 8.54.